The summed E-state index contributed by atoms with van der Waals surface area (Å²) in [5.74, 6) is 0.572. The molecular weight excluding hydrogens is 330 g/mol. The standard InChI is InChI=1S/C17H18BrNO2/c1-3-9-21-15-6-4-5-13(10-15)17(20)19-14-8-7-12(2)16(18)11-14/h4-8,10-11H,3,9H2,1-2H3,(H,19,20). The van der Waals surface area contributed by atoms with Gasteiger partial charge in [-0.2, -0.15) is 0 Å². The quantitative estimate of drug-likeness (QED) is 0.843. The van der Waals surface area contributed by atoms with Crippen molar-refractivity contribution >= 4 is 27.5 Å². The van der Waals surface area contributed by atoms with E-state index in [9.17, 15) is 4.79 Å². The molecule has 0 saturated heterocycles. The highest BCUT2D eigenvalue weighted by molar-refractivity contribution is 9.10. The minimum atomic E-state index is -0.146. The van der Waals surface area contributed by atoms with Crippen molar-refractivity contribution < 1.29 is 9.53 Å². The first-order chi connectivity index (χ1) is 10.1. The maximum atomic E-state index is 12.3. The number of aryl methyl sites for hydroxylation is 1. The lowest BCUT2D eigenvalue weighted by molar-refractivity contribution is 0.102. The van der Waals surface area contributed by atoms with Gasteiger partial charge in [-0.15, -0.1) is 0 Å². The molecule has 0 heterocycles. The molecule has 0 unspecified atom stereocenters. The fraction of sp³-hybridized carbons (Fsp3) is 0.235. The molecule has 0 radical (unpaired) electrons. The summed E-state index contributed by atoms with van der Waals surface area (Å²) in [4.78, 5) is 12.3. The Labute approximate surface area is 133 Å². The molecule has 0 saturated carbocycles. The van der Waals surface area contributed by atoms with Crippen molar-refractivity contribution in [3.05, 3.63) is 58.1 Å². The van der Waals surface area contributed by atoms with Gasteiger partial charge in [0.15, 0.2) is 0 Å². The second-order valence-corrected chi connectivity index (χ2v) is 5.65. The molecule has 0 bridgehead atoms. The molecule has 0 aliphatic rings. The van der Waals surface area contributed by atoms with Crippen LogP contribution in [0.1, 0.15) is 29.3 Å². The summed E-state index contributed by atoms with van der Waals surface area (Å²) in [6, 6.07) is 13.0. The zero-order valence-electron chi connectivity index (χ0n) is 12.2. The molecule has 2 rings (SSSR count). The number of anilines is 1. The van der Waals surface area contributed by atoms with Crippen LogP contribution in [0.25, 0.3) is 0 Å². The molecule has 0 fully saturated rings. The Kier molecular flexibility index (Phi) is 5.39. The van der Waals surface area contributed by atoms with E-state index in [1.54, 1.807) is 12.1 Å². The average Bonchev–Trinajstić information content (AvgIpc) is 2.49. The van der Waals surface area contributed by atoms with Crippen LogP contribution >= 0.6 is 15.9 Å². The molecule has 2 aromatic rings. The van der Waals surface area contributed by atoms with Gasteiger partial charge >= 0.3 is 0 Å². The van der Waals surface area contributed by atoms with Crippen molar-refractivity contribution in [2.75, 3.05) is 11.9 Å². The molecule has 3 nitrogen and oxygen atoms in total. The third-order valence-corrected chi connectivity index (χ3v) is 3.85. The Bertz CT molecular complexity index is 640. The van der Waals surface area contributed by atoms with Crippen LogP contribution in [0.4, 0.5) is 5.69 Å². The first-order valence-electron chi connectivity index (χ1n) is 6.90. The average molecular weight is 348 g/mol. The van der Waals surface area contributed by atoms with Gasteiger partial charge in [0.25, 0.3) is 5.91 Å². The van der Waals surface area contributed by atoms with E-state index >= 15 is 0 Å². The highest BCUT2D eigenvalue weighted by Gasteiger charge is 2.08. The molecule has 110 valence electrons. The number of hydrogen-bond donors (Lipinski definition) is 1. The molecule has 0 spiro atoms. The maximum absolute atomic E-state index is 12.3. The van der Waals surface area contributed by atoms with Crippen molar-refractivity contribution in [2.24, 2.45) is 0 Å². The van der Waals surface area contributed by atoms with Gasteiger partial charge in [0.05, 0.1) is 6.61 Å². The van der Waals surface area contributed by atoms with E-state index in [2.05, 4.69) is 21.2 Å². The molecule has 4 heteroatoms. The summed E-state index contributed by atoms with van der Waals surface area (Å²) in [5, 5.41) is 2.89. The summed E-state index contributed by atoms with van der Waals surface area (Å²) in [7, 11) is 0. The van der Waals surface area contributed by atoms with Gasteiger partial charge < -0.3 is 10.1 Å². The SMILES string of the molecule is CCCOc1cccc(C(=O)Nc2ccc(C)c(Br)c2)c1. The topological polar surface area (TPSA) is 38.3 Å². The van der Waals surface area contributed by atoms with Gasteiger partial charge in [-0.1, -0.05) is 35.0 Å². The number of carbonyl (C=O) groups is 1. The van der Waals surface area contributed by atoms with E-state index in [0.717, 1.165) is 27.9 Å². The lowest BCUT2D eigenvalue weighted by atomic mass is 10.2. The van der Waals surface area contributed by atoms with Crippen LogP contribution in [0.15, 0.2) is 46.9 Å². The summed E-state index contributed by atoms with van der Waals surface area (Å²) < 4.78 is 6.52. The fourth-order valence-electron chi connectivity index (χ4n) is 1.82. The van der Waals surface area contributed by atoms with Crippen LogP contribution < -0.4 is 10.1 Å². The zero-order valence-corrected chi connectivity index (χ0v) is 13.7. The van der Waals surface area contributed by atoms with Crippen LogP contribution in [-0.2, 0) is 0 Å². The first-order valence-corrected chi connectivity index (χ1v) is 7.70. The third-order valence-electron chi connectivity index (χ3n) is 3.00. The number of amides is 1. The number of nitrogens with one attached hydrogen (secondary N) is 1. The van der Waals surface area contributed by atoms with Crippen LogP contribution in [0.2, 0.25) is 0 Å². The molecule has 21 heavy (non-hydrogen) atoms. The Hall–Kier alpha value is -1.81. The summed E-state index contributed by atoms with van der Waals surface area (Å²) in [6.45, 7) is 4.70. The lowest BCUT2D eigenvalue weighted by Gasteiger charge is -2.09. The van der Waals surface area contributed by atoms with Crippen LogP contribution in [0.5, 0.6) is 5.75 Å². The molecule has 0 atom stereocenters. The normalized spacial score (nSPS) is 10.2. The summed E-state index contributed by atoms with van der Waals surface area (Å²) in [6.07, 6.45) is 0.938. The number of benzene rings is 2. The van der Waals surface area contributed by atoms with Gasteiger partial charge in [0, 0.05) is 15.7 Å². The van der Waals surface area contributed by atoms with Crippen LogP contribution in [-0.4, -0.2) is 12.5 Å². The Morgan fingerprint density at radius 3 is 2.76 bits per heavy atom. The van der Waals surface area contributed by atoms with Crippen molar-refractivity contribution in [3.63, 3.8) is 0 Å². The summed E-state index contributed by atoms with van der Waals surface area (Å²) >= 11 is 3.46. The maximum Gasteiger partial charge on any atom is 0.255 e. The predicted molar refractivity (Wildman–Crippen MR) is 89.1 cm³/mol. The molecular formula is C17H18BrNO2. The van der Waals surface area contributed by atoms with Gasteiger partial charge in [-0.05, 0) is 49.2 Å². The van der Waals surface area contributed by atoms with E-state index in [1.807, 2.05) is 44.2 Å². The highest BCUT2D eigenvalue weighted by atomic mass is 79.9. The molecule has 0 aliphatic carbocycles. The van der Waals surface area contributed by atoms with Crippen molar-refractivity contribution in [3.8, 4) is 5.75 Å². The Morgan fingerprint density at radius 1 is 1.24 bits per heavy atom. The number of carbonyl (C=O) groups excluding carboxylic acids is 1. The Balaban J connectivity index is 2.10. The minimum absolute atomic E-state index is 0.146. The van der Waals surface area contributed by atoms with Gasteiger partial charge in [-0.3, -0.25) is 4.79 Å². The largest absolute Gasteiger partial charge is 0.494 e. The number of hydrogen-bond acceptors (Lipinski definition) is 2. The lowest BCUT2D eigenvalue weighted by Crippen LogP contribution is -2.12. The van der Waals surface area contributed by atoms with Gasteiger partial charge in [0.2, 0.25) is 0 Å². The second-order valence-electron chi connectivity index (χ2n) is 4.79. The van der Waals surface area contributed by atoms with Crippen molar-refractivity contribution in [1.29, 1.82) is 0 Å². The highest BCUT2D eigenvalue weighted by Crippen LogP contribution is 2.21. The summed E-state index contributed by atoms with van der Waals surface area (Å²) in [5.41, 5.74) is 2.47. The number of halogens is 1. The molecule has 0 aliphatic heterocycles. The monoisotopic (exact) mass is 347 g/mol. The number of rotatable bonds is 5. The second kappa shape index (κ2) is 7.27. The van der Waals surface area contributed by atoms with Crippen molar-refractivity contribution in [2.45, 2.75) is 20.3 Å². The first kappa shape index (κ1) is 15.6. The number of ether oxygens (including phenoxy) is 1. The van der Waals surface area contributed by atoms with Gasteiger partial charge in [0.1, 0.15) is 5.75 Å². The van der Waals surface area contributed by atoms with E-state index in [4.69, 9.17) is 4.74 Å². The third kappa shape index (κ3) is 4.33. The van der Waals surface area contributed by atoms with Crippen molar-refractivity contribution in [1.82, 2.24) is 0 Å². The van der Waals surface area contributed by atoms with E-state index in [-0.39, 0.29) is 5.91 Å². The van der Waals surface area contributed by atoms with Gasteiger partial charge in [-0.25, -0.2) is 0 Å². The van der Waals surface area contributed by atoms with E-state index < -0.39 is 0 Å². The molecule has 2 aromatic carbocycles. The molecule has 1 amide bonds. The molecule has 0 aromatic heterocycles. The minimum Gasteiger partial charge on any atom is -0.494 e. The van der Waals surface area contributed by atoms with Crippen LogP contribution in [0.3, 0.4) is 0 Å². The molecule has 1 N–H and O–H groups in total. The van der Waals surface area contributed by atoms with Crippen LogP contribution in [0, 0.1) is 6.92 Å². The smallest absolute Gasteiger partial charge is 0.255 e. The van der Waals surface area contributed by atoms with E-state index in [1.165, 1.54) is 0 Å². The zero-order chi connectivity index (χ0) is 15.2. The van der Waals surface area contributed by atoms with E-state index in [0.29, 0.717) is 12.2 Å². The Morgan fingerprint density at radius 2 is 2.05 bits per heavy atom. The fourth-order valence-corrected chi connectivity index (χ4v) is 2.20. The predicted octanol–water partition coefficient (Wildman–Crippen LogP) is 4.80.